The zero-order valence-corrected chi connectivity index (χ0v) is 9.03. The van der Waals surface area contributed by atoms with E-state index in [1.165, 1.54) is 32.8 Å². The predicted octanol–water partition coefficient (Wildman–Crippen LogP) is 2.58. The quantitative estimate of drug-likeness (QED) is 0.472. The molecule has 0 aromatic heterocycles. The third kappa shape index (κ3) is 4.37. The Balaban J connectivity index is 1.92. The summed E-state index contributed by atoms with van der Waals surface area (Å²) in [4.78, 5) is 9.66. The van der Waals surface area contributed by atoms with Crippen LogP contribution in [0.3, 0.4) is 0 Å². The molecule has 1 aliphatic heterocycles. The molecule has 2 atom stereocenters. The zero-order chi connectivity index (χ0) is 10.2. The second-order valence-electron chi connectivity index (χ2n) is 3.49. The van der Waals surface area contributed by atoms with Gasteiger partial charge in [0.15, 0.2) is 6.29 Å². The van der Waals surface area contributed by atoms with Crippen LogP contribution in [0.2, 0.25) is 0 Å². The maximum absolute atomic E-state index is 5.25. The van der Waals surface area contributed by atoms with Gasteiger partial charge < -0.3 is 4.74 Å². The van der Waals surface area contributed by atoms with E-state index in [0.29, 0.717) is 0 Å². The van der Waals surface area contributed by atoms with Crippen LogP contribution in [0.25, 0.3) is 0 Å². The van der Waals surface area contributed by atoms with E-state index in [-0.39, 0.29) is 6.29 Å². The number of methoxy groups -OCH3 is 1. The fourth-order valence-corrected chi connectivity index (χ4v) is 1.40. The minimum absolute atomic E-state index is 0.249. The van der Waals surface area contributed by atoms with Crippen LogP contribution in [0.5, 0.6) is 0 Å². The van der Waals surface area contributed by atoms with Crippen molar-refractivity contribution < 1.29 is 19.2 Å². The van der Waals surface area contributed by atoms with Crippen LogP contribution in [0.15, 0.2) is 0 Å². The van der Waals surface area contributed by atoms with Gasteiger partial charge in [-0.3, -0.25) is 4.74 Å². The molecule has 0 saturated carbocycles. The van der Waals surface area contributed by atoms with Gasteiger partial charge in [-0.25, -0.2) is 0 Å². The first-order valence-corrected chi connectivity index (χ1v) is 5.37. The Hall–Kier alpha value is -0.160. The molecule has 4 heteroatoms. The van der Waals surface area contributed by atoms with Crippen LogP contribution in [0.4, 0.5) is 0 Å². The molecule has 1 aliphatic rings. The van der Waals surface area contributed by atoms with Gasteiger partial charge in [0.2, 0.25) is 0 Å². The summed E-state index contributed by atoms with van der Waals surface area (Å²) in [6.07, 6.45) is 6.84. The van der Waals surface area contributed by atoms with Gasteiger partial charge in [0.25, 0.3) is 0 Å². The highest BCUT2D eigenvalue weighted by molar-refractivity contribution is 4.49. The predicted molar refractivity (Wildman–Crippen MR) is 51.2 cm³/mol. The molecule has 0 aromatic rings. The van der Waals surface area contributed by atoms with Crippen molar-refractivity contribution in [2.24, 2.45) is 0 Å². The normalized spacial score (nSPS) is 27.0. The molecule has 1 rings (SSSR count). The summed E-state index contributed by atoms with van der Waals surface area (Å²) in [5.41, 5.74) is 0. The Labute approximate surface area is 85.4 Å². The van der Waals surface area contributed by atoms with Crippen molar-refractivity contribution in [2.75, 3.05) is 7.11 Å². The Kier molecular flexibility index (Phi) is 6.10. The van der Waals surface area contributed by atoms with Crippen LogP contribution >= 0.6 is 0 Å². The molecular formula is C10H20O4. The third-order valence-corrected chi connectivity index (χ3v) is 2.24. The van der Waals surface area contributed by atoms with E-state index in [2.05, 4.69) is 6.92 Å². The number of unbranched alkanes of at least 4 members (excludes halogenated alkanes) is 4. The van der Waals surface area contributed by atoms with E-state index in [1.807, 2.05) is 0 Å². The van der Waals surface area contributed by atoms with E-state index >= 15 is 0 Å². The van der Waals surface area contributed by atoms with Crippen LogP contribution in [0.1, 0.15) is 45.4 Å². The standard InChI is InChI=1S/C10H20O4/c1-3-4-5-6-7-8-9-12-10(11-2)14-13-9/h9-10H,3-8H2,1-2H3. The second kappa shape index (κ2) is 7.17. The van der Waals surface area contributed by atoms with Gasteiger partial charge in [0.05, 0.1) is 0 Å². The Bertz CT molecular complexity index is 140. The molecule has 0 spiro atoms. The zero-order valence-electron chi connectivity index (χ0n) is 9.03. The molecule has 0 aliphatic carbocycles. The summed E-state index contributed by atoms with van der Waals surface area (Å²) in [6.45, 7) is 1.57. The van der Waals surface area contributed by atoms with Crippen molar-refractivity contribution >= 4 is 0 Å². The summed E-state index contributed by atoms with van der Waals surface area (Å²) in [6, 6.07) is 0. The number of ether oxygens (including phenoxy) is 2. The van der Waals surface area contributed by atoms with Crippen LogP contribution in [-0.4, -0.2) is 19.9 Å². The van der Waals surface area contributed by atoms with E-state index in [0.717, 1.165) is 12.8 Å². The van der Waals surface area contributed by atoms with Crippen molar-refractivity contribution in [1.29, 1.82) is 0 Å². The van der Waals surface area contributed by atoms with Crippen molar-refractivity contribution in [3.8, 4) is 0 Å². The van der Waals surface area contributed by atoms with E-state index in [4.69, 9.17) is 19.2 Å². The highest BCUT2D eigenvalue weighted by atomic mass is 17.3. The van der Waals surface area contributed by atoms with Crippen LogP contribution in [-0.2, 0) is 19.2 Å². The summed E-state index contributed by atoms with van der Waals surface area (Å²) >= 11 is 0. The van der Waals surface area contributed by atoms with Crippen LogP contribution < -0.4 is 0 Å². The van der Waals surface area contributed by atoms with Gasteiger partial charge in [-0.2, -0.15) is 9.78 Å². The molecule has 84 valence electrons. The van der Waals surface area contributed by atoms with Crippen molar-refractivity contribution in [3.63, 3.8) is 0 Å². The van der Waals surface area contributed by atoms with Gasteiger partial charge in [-0.05, 0) is 6.42 Å². The van der Waals surface area contributed by atoms with E-state index in [9.17, 15) is 0 Å². The summed E-state index contributed by atoms with van der Waals surface area (Å²) < 4.78 is 10.1. The highest BCUT2D eigenvalue weighted by Gasteiger charge is 2.26. The van der Waals surface area contributed by atoms with Gasteiger partial charge >= 0.3 is 6.48 Å². The monoisotopic (exact) mass is 204 g/mol. The molecule has 1 saturated heterocycles. The molecule has 4 nitrogen and oxygen atoms in total. The van der Waals surface area contributed by atoms with E-state index < -0.39 is 6.48 Å². The molecule has 0 aromatic carbocycles. The number of hydrogen-bond acceptors (Lipinski definition) is 4. The van der Waals surface area contributed by atoms with Gasteiger partial charge in [0, 0.05) is 13.5 Å². The maximum Gasteiger partial charge on any atom is 0.303 e. The molecule has 14 heavy (non-hydrogen) atoms. The lowest BCUT2D eigenvalue weighted by Gasteiger charge is -2.06. The fraction of sp³-hybridized carbons (Fsp3) is 1.00. The van der Waals surface area contributed by atoms with Gasteiger partial charge in [-0.1, -0.05) is 32.6 Å². The number of rotatable bonds is 7. The SMILES string of the molecule is CCCCCCCC1OOC(OC)O1. The second-order valence-corrected chi connectivity index (χ2v) is 3.49. The molecule has 1 heterocycles. The molecular weight excluding hydrogens is 184 g/mol. The lowest BCUT2D eigenvalue weighted by Crippen LogP contribution is -2.13. The Morgan fingerprint density at radius 1 is 1.07 bits per heavy atom. The molecule has 0 amide bonds. The topological polar surface area (TPSA) is 36.9 Å². The first kappa shape index (κ1) is 11.9. The Morgan fingerprint density at radius 2 is 1.86 bits per heavy atom. The summed E-state index contributed by atoms with van der Waals surface area (Å²) in [5.74, 6) is 0. The summed E-state index contributed by atoms with van der Waals surface area (Å²) in [5, 5.41) is 0. The summed E-state index contributed by atoms with van der Waals surface area (Å²) in [7, 11) is 1.53. The van der Waals surface area contributed by atoms with Crippen LogP contribution in [0, 0.1) is 0 Å². The first-order valence-electron chi connectivity index (χ1n) is 5.37. The molecule has 1 fully saturated rings. The smallest absolute Gasteiger partial charge is 0.303 e. The van der Waals surface area contributed by atoms with Gasteiger partial charge in [0.1, 0.15) is 0 Å². The molecule has 0 bridgehead atoms. The van der Waals surface area contributed by atoms with Gasteiger partial charge in [-0.15, -0.1) is 0 Å². The first-order chi connectivity index (χ1) is 6.86. The fourth-order valence-electron chi connectivity index (χ4n) is 1.40. The lowest BCUT2D eigenvalue weighted by molar-refractivity contribution is -0.345. The minimum Gasteiger partial charge on any atom is -0.331 e. The van der Waals surface area contributed by atoms with Crippen molar-refractivity contribution in [2.45, 2.75) is 58.2 Å². The third-order valence-electron chi connectivity index (χ3n) is 2.24. The highest BCUT2D eigenvalue weighted by Crippen LogP contribution is 2.19. The number of hydrogen-bond donors (Lipinski definition) is 0. The van der Waals surface area contributed by atoms with E-state index in [1.54, 1.807) is 0 Å². The Morgan fingerprint density at radius 3 is 2.50 bits per heavy atom. The minimum atomic E-state index is -0.643. The largest absolute Gasteiger partial charge is 0.331 e. The maximum atomic E-state index is 5.25. The van der Waals surface area contributed by atoms with Crippen molar-refractivity contribution in [1.82, 2.24) is 0 Å². The molecule has 2 unspecified atom stereocenters. The molecule has 0 radical (unpaired) electrons. The lowest BCUT2D eigenvalue weighted by atomic mass is 10.1. The molecule has 0 N–H and O–H groups in total. The average Bonchev–Trinajstić information content (AvgIpc) is 2.65. The van der Waals surface area contributed by atoms with Crippen molar-refractivity contribution in [3.05, 3.63) is 0 Å². The average molecular weight is 204 g/mol.